The molecular weight excluding hydrogens is 366 g/mol. The minimum atomic E-state index is 0.551. The molecule has 1 fully saturated rings. The number of aromatic nitrogens is 1. The van der Waals surface area contributed by atoms with Gasteiger partial charge in [-0.1, -0.05) is 41.7 Å². The summed E-state index contributed by atoms with van der Waals surface area (Å²) in [5.41, 5.74) is 1.11. The molecular formula is C23H29N3OS. The Morgan fingerprint density at radius 2 is 1.93 bits per heavy atom. The van der Waals surface area contributed by atoms with Crippen molar-refractivity contribution in [3.05, 3.63) is 54.6 Å². The predicted molar refractivity (Wildman–Crippen MR) is 119 cm³/mol. The van der Waals surface area contributed by atoms with Crippen LogP contribution in [-0.4, -0.2) is 49.2 Å². The van der Waals surface area contributed by atoms with Crippen molar-refractivity contribution in [3.8, 4) is 5.75 Å². The van der Waals surface area contributed by atoms with Crippen LogP contribution in [0.5, 0.6) is 5.75 Å². The van der Waals surface area contributed by atoms with Gasteiger partial charge >= 0.3 is 0 Å². The van der Waals surface area contributed by atoms with Crippen LogP contribution in [0, 0.1) is 0 Å². The number of para-hydroxylation sites is 2. The van der Waals surface area contributed by atoms with Gasteiger partial charge in [0.25, 0.3) is 0 Å². The Morgan fingerprint density at radius 3 is 2.79 bits per heavy atom. The van der Waals surface area contributed by atoms with Gasteiger partial charge in [-0.2, -0.15) is 0 Å². The number of fused-ring (bicyclic) bond motifs is 1. The molecule has 0 N–H and O–H groups in total. The van der Waals surface area contributed by atoms with Crippen molar-refractivity contribution < 1.29 is 4.74 Å². The number of anilines is 1. The van der Waals surface area contributed by atoms with Crippen LogP contribution in [0.25, 0.3) is 10.2 Å². The minimum absolute atomic E-state index is 0.551. The molecule has 1 atom stereocenters. The Bertz CT molecular complexity index is 833. The molecule has 0 bridgehead atoms. The highest BCUT2D eigenvalue weighted by molar-refractivity contribution is 7.22. The molecule has 3 aromatic rings. The molecule has 1 saturated heterocycles. The van der Waals surface area contributed by atoms with E-state index in [0.29, 0.717) is 6.04 Å². The Balaban J connectivity index is 1.23. The smallest absolute Gasteiger partial charge is 0.186 e. The van der Waals surface area contributed by atoms with Gasteiger partial charge < -0.3 is 14.5 Å². The lowest BCUT2D eigenvalue weighted by Gasteiger charge is -2.37. The molecule has 4 nitrogen and oxygen atoms in total. The van der Waals surface area contributed by atoms with Gasteiger partial charge in [-0.15, -0.1) is 0 Å². The third kappa shape index (κ3) is 4.83. The van der Waals surface area contributed by atoms with E-state index in [2.05, 4.69) is 41.1 Å². The van der Waals surface area contributed by atoms with Crippen LogP contribution in [-0.2, 0) is 0 Å². The van der Waals surface area contributed by atoms with Gasteiger partial charge in [0.15, 0.2) is 5.13 Å². The zero-order valence-corrected chi connectivity index (χ0v) is 17.4. The molecule has 1 aliphatic heterocycles. The minimum Gasteiger partial charge on any atom is -0.494 e. The second-order valence-corrected chi connectivity index (χ2v) is 8.55. The predicted octanol–water partition coefficient (Wildman–Crippen LogP) is 5.06. The molecule has 1 unspecified atom stereocenters. The number of rotatable bonds is 8. The van der Waals surface area contributed by atoms with Crippen molar-refractivity contribution in [2.24, 2.45) is 0 Å². The van der Waals surface area contributed by atoms with Crippen LogP contribution in [0.2, 0.25) is 0 Å². The molecule has 4 rings (SSSR count). The average Bonchev–Trinajstić information content (AvgIpc) is 3.18. The maximum Gasteiger partial charge on any atom is 0.186 e. The van der Waals surface area contributed by atoms with Gasteiger partial charge in [-0.25, -0.2) is 4.98 Å². The molecule has 148 valence electrons. The first-order valence-corrected chi connectivity index (χ1v) is 11.1. The van der Waals surface area contributed by atoms with Crippen LogP contribution in [0.4, 0.5) is 5.13 Å². The first kappa shape index (κ1) is 19.2. The molecule has 2 aromatic carbocycles. The lowest BCUT2D eigenvalue weighted by atomic mass is 10.0. The van der Waals surface area contributed by atoms with Gasteiger partial charge in [0.05, 0.1) is 16.8 Å². The van der Waals surface area contributed by atoms with Crippen LogP contribution in [0.1, 0.15) is 25.7 Å². The Kier molecular flexibility index (Phi) is 6.45. The molecule has 2 heterocycles. The maximum absolute atomic E-state index is 5.81. The number of benzene rings is 2. The number of unbranched alkanes of at least 4 members (excludes halogenated alkanes) is 1. The monoisotopic (exact) mass is 395 g/mol. The molecule has 0 radical (unpaired) electrons. The molecule has 5 heteroatoms. The number of ether oxygens (including phenoxy) is 1. The third-order valence-electron chi connectivity index (χ3n) is 5.49. The van der Waals surface area contributed by atoms with Gasteiger partial charge in [-0.3, -0.25) is 0 Å². The fourth-order valence-corrected chi connectivity index (χ4v) is 4.86. The second kappa shape index (κ2) is 9.39. The number of likely N-dealkylation sites (tertiary alicyclic amines) is 1. The summed E-state index contributed by atoms with van der Waals surface area (Å²) >= 11 is 1.80. The summed E-state index contributed by atoms with van der Waals surface area (Å²) in [5.74, 6) is 0.970. The van der Waals surface area contributed by atoms with Crippen molar-refractivity contribution in [2.45, 2.75) is 31.7 Å². The van der Waals surface area contributed by atoms with Crippen LogP contribution < -0.4 is 9.64 Å². The molecule has 0 saturated carbocycles. The van der Waals surface area contributed by atoms with Gasteiger partial charge in [-0.05, 0) is 63.0 Å². The number of thiazole rings is 1. The first-order chi connectivity index (χ1) is 13.8. The number of hydrogen-bond acceptors (Lipinski definition) is 5. The van der Waals surface area contributed by atoms with E-state index in [1.165, 1.54) is 30.5 Å². The Hall–Kier alpha value is -2.11. The molecule has 1 aliphatic rings. The van der Waals surface area contributed by atoms with E-state index < -0.39 is 0 Å². The fraction of sp³-hybridized carbons (Fsp3) is 0.435. The van der Waals surface area contributed by atoms with Gasteiger partial charge in [0.1, 0.15) is 5.75 Å². The van der Waals surface area contributed by atoms with Gasteiger partial charge in [0, 0.05) is 19.6 Å². The largest absolute Gasteiger partial charge is 0.494 e. The molecule has 0 spiro atoms. The van der Waals surface area contributed by atoms with Crippen LogP contribution in [0.3, 0.4) is 0 Å². The van der Waals surface area contributed by atoms with Crippen molar-refractivity contribution in [1.82, 2.24) is 9.88 Å². The summed E-state index contributed by atoms with van der Waals surface area (Å²) in [5, 5.41) is 1.14. The average molecular weight is 396 g/mol. The fourth-order valence-electron chi connectivity index (χ4n) is 3.86. The number of likely N-dealkylation sites (N-methyl/N-ethyl adjacent to an activating group) is 1. The van der Waals surface area contributed by atoms with Crippen LogP contribution >= 0.6 is 11.3 Å². The summed E-state index contributed by atoms with van der Waals surface area (Å²) in [7, 11) is 2.21. The van der Waals surface area contributed by atoms with E-state index in [9.17, 15) is 0 Å². The zero-order valence-electron chi connectivity index (χ0n) is 16.6. The van der Waals surface area contributed by atoms with Crippen molar-refractivity contribution in [1.29, 1.82) is 0 Å². The molecule has 0 aliphatic carbocycles. The second-order valence-electron chi connectivity index (χ2n) is 7.54. The quantitative estimate of drug-likeness (QED) is 0.499. The SMILES string of the molecule is CN(c1nc2ccccc2s1)C1CCCN(CCCCOc2ccccc2)C1. The normalized spacial score (nSPS) is 17.7. The standard InChI is InChI=1S/C23H29N3OS/c1-25(23-24-21-13-5-6-14-22(21)28-23)19-10-9-16-26(18-19)15-7-8-17-27-20-11-3-2-4-12-20/h2-6,11-14,19H,7-10,15-18H2,1H3. The number of hydrogen-bond donors (Lipinski definition) is 0. The molecule has 0 amide bonds. The lowest BCUT2D eigenvalue weighted by Crippen LogP contribution is -2.46. The summed E-state index contributed by atoms with van der Waals surface area (Å²) in [6.45, 7) is 4.30. The summed E-state index contributed by atoms with van der Waals surface area (Å²) in [6.07, 6.45) is 4.80. The zero-order chi connectivity index (χ0) is 19.2. The lowest BCUT2D eigenvalue weighted by molar-refractivity contribution is 0.197. The topological polar surface area (TPSA) is 28.6 Å². The number of piperidine rings is 1. The van der Waals surface area contributed by atoms with Crippen molar-refractivity contribution in [3.63, 3.8) is 0 Å². The van der Waals surface area contributed by atoms with E-state index >= 15 is 0 Å². The number of nitrogens with zero attached hydrogens (tertiary/aromatic N) is 3. The van der Waals surface area contributed by atoms with E-state index in [4.69, 9.17) is 9.72 Å². The van der Waals surface area contributed by atoms with Crippen molar-refractivity contribution in [2.75, 3.05) is 38.2 Å². The first-order valence-electron chi connectivity index (χ1n) is 10.3. The summed E-state index contributed by atoms with van der Waals surface area (Å²) in [4.78, 5) is 9.85. The van der Waals surface area contributed by atoms with Crippen LogP contribution in [0.15, 0.2) is 54.6 Å². The Labute approximate surface area is 171 Å². The van der Waals surface area contributed by atoms with E-state index in [1.807, 2.05) is 30.3 Å². The highest BCUT2D eigenvalue weighted by Crippen LogP contribution is 2.30. The Morgan fingerprint density at radius 1 is 1.11 bits per heavy atom. The van der Waals surface area contributed by atoms with E-state index in [-0.39, 0.29) is 0 Å². The van der Waals surface area contributed by atoms with E-state index in [1.54, 1.807) is 11.3 Å². The molecule has 1 aromatic heterocycles. The highest BCUT2D eigenvalue weighted by Gasteiger charge is 2.24. The van der Waals surface area contributed by atoms with Gasteiger partial charge in [0.2, 0.25) is 0 Å². The summed E-state index contributed by atoms with van der Waals surface area (Å²) < 4.78 is 7.08. The summed E-state index contributed by atoms with van der Waals surface area (Å²) in [6, 6.07) is 19.1. The van der Waals surface area contributed by atoms with Crippen molar-refractivity contribution >= 4 is 26.7 Å². The van der Waals surface area contributed by atoms with E-state index in [0.717, 1.165) is 42.5 Å². The molecule has 28 heavy (non-hydrogen) atoms. The maximum atomic E-state index is 5.81. The third-order valence-corrected chi connectivity index (χ3v) is 6.62. The highest BCUT2D eigenvalue weighted by atomic mass is 32.1.